The van der Waals surface area contributed by atoms with Gasteiger partial charge in [-0.3, -0.25) is 14.5 Å². The Balaban J connectivity index is 2.82. The minimum atomic E-state index is -0.939. The summed E-state index contributed by atoms with van der Waals surface area (Å²) in [6.45, 7) is 7.25. The standard InChI is InChI=1S/C10H18N2O3/c1-10(2,3)12-5-4-11-9(15)7(12)6-8(13)14/h7H,4-6H2,1-3H3,(H,11,15)(H,13,14). The second-order valence-corrected chi connectivity index (χ2v) is 4.77. The first-order valence-corrected chi connectivity index (χ1v) is 5.08. The summed E-state index contributed by atoms with van der Waals surface area (Å²) in [7, 11) is 0. The smallest absolute Gasteiger partial charge is 0.305 e. The van der Waals surface area contributed by atoms with Crippen LogP contribution in [-0.4, -0.2) is 46.6 Å². The van der Waals surface area contributed by atoms with Crippen molar-refractivity contribution < 1.29 is 14.7 Å². The van der Waals surface area contributed by atoms with Crippen molar-refractivity contribution in [3.8, 4) is 0 Å². The predicted octanol–water partition coefficient (Wildman–Crippen LogP) is 0.0600. The van der Waals surface area contributed by atoms with Crippen LogP contribution in [0.3, 0.4) is 0 Å². The van der Waals surface area contributed by atoms with Crippen LogP contribution in [0.4, 0.5) is 0 Å². The highest BCUT2D eigenvalue weighted by atomic mass is 16.4. The number of carbonyl (C=O) groups is 2. The Hall–Kier alpha value is -1.10. The lowest BCUT2D eigenvalue weighted by molar-refractivity contribution is -0.145. The second kappa shape index (κ2) is 4.18. The fourth-order valence-electron chi connectivity index (χ4n) is 1.89. The fraction of sp³-hybridized carbons (Fsp3) is 0.800. The highest BCUT2D eigenvalue weighted by molar-refractivity contribution is 5.86. The Morgan fingerprint density at radius 3 is 2.67 bits per heavy atom. The molecule has 0 aromatic rings. The molecule has 1 aliphatic heterocycles. The summed E-state index contributed by atoms with van der Waals surface area (Å²) in [5.74, 6) is -1.12. The summed E-state index contributed by atoms with van der Waals surface area (Å²) in [6, 6.07) is -0.545. The minimum absolute atomic E-state index is 0.136. The Morgan fingerprint density at radius 2 is 2.20 bits per heavy atom. The molecule has 1 rings (SSSR count). The van der Waals surface area contributed by atoms with Gasteiger partial charge in [0.1, 0.15) is 6.04 Å². The van der Waals surface area contributed by atoms with Crippen molar-refractivity contribution in [2.45, 2.75) is 38.8 Å². The third-order valence-electron chi connectivity index (χ3n) is 2.56. The maximum absolute atomic E-state index is 11.6. The van der Waals surface area contributed by atoms with Crippen LogP contribution < -0.4 is 5.32 Å². The van der Waals surface area contributed by atoms with E-state index >= 15 is 0 Å². The van der Waals surface area contributed by atoms with Crippen molar-refractivity contribution in [3.05, 3.63) is 0 Å². The first-order chi connectivity index (χ1) is 6.82. The van der Waals surface area contributed by atoms with E-state index < -0.39 is 12.0 Å². The molecule has 0 spiro atoms. The molecule has 2 N–H and O–H groups in total. The van der Waals surface area contributed by atoms with Crippen LogP contribution in [0.1, 0.15) is 27.2 Å². The van der Waals surface area contributed by atoms with E-state index in [1.165, 1.54) is 0 Å². The van der Waals surface area contributed by atoms with Gasteiger partial charge in [-0.1, -0.05) is 0 Å². The number of carbonyl (C=O) groups excluding carboxylic acids is 1. The van der Waals surface area contributed by atoms with Gasteiger partial charge in [-0.25, -0.2) is 0 Å². The van der Waals surface area contributed by atoms with Crippen LogP contribution in [-0.2, 0) is 9.59 Å². The Morgan fingerprint density at radius 1 is 1.60 bits per heavy atom. The zero-order chi connectivity index (χ0) is 11.6. The predicted molar refractivity (Wildman–Crippen MR) is 55.5 cm³/mol. The Kier molecular flexibility index (Phi) is 3.34. The number of piperazine rings is 1. The largest absolute Gasteiger partial charge is 0.481 e. The molecule has 0 radical (unpaired) electrons. The van der Waals surface area contributed by atoms with Gasteiger partial charge >= 0.3 is 5.97 Å². The number of hydrogen-bond acceptors (Lipinski definition) is 3. The van der Waals surface area contributed by atoms with Gasteiger partial charge < -0.3 is 10.4 Å². The van der Waals surface area contributed by atoms with E-state index in [2.05, 4.69) is 5.32 Å². The molecule has 0 aromatic carbocycles. The molecule has 1 unspecified atom stereocenters. The average molecular weight is 214 g/mol. The molecule has 5 heteroatoms. The Bertz CT molecular complexity index is 270. The molecule has 1 atom stereocenters. The number of carboxylic acids is 1. The molecule has 1 saturated heterocycles. The summed E-state index contributed by atoms with van der Waals surface area (Å²) in [6.07, 6.45) is -0.136. The summed E-state index contributed by atoms with van der Waals surface area (Å²) in [4.78, 5) is 24.2. The van der Waals surface area contributed by atoms with Crippen molar-refractivity contribution in [3.63, 3.8) is 0 Å². The van der Waals surface area contributed by atoms with Gasteiger partial charge in [0.25, 0.3) is 0 Å². The molecular formula is C10H18N2O3. The number of carboxylic acid groups (broad SMARTS) is 1. The van der Waals surface area contributed by atoms with Gasteiger partial charge in [0.2, 0.25) is 5.91 Å². The molecule has 0 aliphatic carbocycles. The van der Waals surface area contributed by atoms with Crippen LogP contribution in [0.25, 0.3) is 0 Å². The van der Waals surface area contributed by atoms with Crippen LogP contribution in [0.2, 0.25) is 0 Å². The highest BCUT2D eigenvalue weighted by Gasteiger charge is 2.37. The molecule has 5 nitrogen and oxygen atoms in total. The number of rotatable bonds is 2. The lowest BCUT2D eigenvalue weighted by atomic mass is 9.98. The van der Waals surface area contributed by atoms with E-state index in [0.717, 1.165) is 0 Å². The van der Waals surface area contributed by atoms with Gasteiger partial charge in [0.05, 0.1) is 6.42 Å². The molecule has 1 amide bonds. The molecule has 1 heterocycles. The van der Waals surface area contributed by atoms with Crippen LogP contribution >= 0.6 is 0 Å². The number of amides is 1. The molecule has 86 valence electrons. The van der Waals surface area contributed by atoms with Crippen LogP contribution in [0.5, 0.6) is 0 Å². The zero-order valence-electron chi connectivity index (χ0n) is 9.41. The first-order valence-electron chi connectivity index (χ1n) is 5.08. The lowest BCUT2D eigenvalue weighted by Gasteiger charge is -2.43. The van der Waals surface area contributed by atoms with E-state index in [-0.39, 0.29) is 17.9 Å². The minimum Gasteiger partial charge on any atom is -0.481 e. The molecular weight excluding hydrogens is 196 g/mol. The first kappa shape index (κ1) is 12.0. The summed E-state index contributed by atoms with van der Waals surface area (Å²) >= 11 is 0. The van der Waals surface area contributed by atoms with Crippen LogP contribution in [0, 0.1) is 0 Å². The van der Waals surface area contributed by atoms with E-state index in [1.54, 1.807) is 0 Å². The summed E-state index contributed by atoms with van der Waals surface area (Å²) < 4.78 is 0. The van der Waals surface area contributed by atoms with E-state index in [1.807, 2.05) is 25.7 Å². The van der Waals surface area contributed by atoms with Crippen molar-refractivity contribution in [1.29, 1.82) is 0 Å². The third-order valence-corrected chi connectivity index (χ3v) is 2.56. The fourth-order valence-corrected chi connectivity index (χ4v) is 1.89. The normalized spacial score (nSPS) is 23.7. The average Bonchev–Trinajstić information content (AvgIpc) is 2.05. The van der Waals surface area contributed by atoms with Gasteiger partial charge in [-0.2, -0.15) is 0 Å². The quantitative estimate of drug-likeness (QED) is 0.682. The molecule has 15 heavy (non-hydrogen) atoms. The SMILES string of the molecule is CC(C)(C)N1CCNC(=O)C1CC(=O)O. The maximum atomic E-state index is 11.6. The Labute approximate surface area is 89.4 Å². The van der Waals surface area contributed by atoms with Crippen LogP contribution in [0.15, 0.2) is 0 Å². The molecule has 0 bridgehead atoms. The summed E-state index contributed by atoms with van der Waals surface area (Å²) in [5, 5.41) is 11.5. The maximum Gasteiger partial charge on any atom is 0.305 e. The molecule has 0 saturated carbocycles. The van der Waals surface area contributed by atoms with E-state index in [0.29, 0.717) is 13.1 Å². The van der Waals surface area contributed by atoms with Gasteiger partial charge in [-0.05, 0) is 20.8 Å². The topological polar surface area (TPSA) is 69.6 Å². The number of nitrogens with one attached hydrogen (secondary N) is 1. The van der Waals surface area contributed by atoms with Gasteiger partial charge in [0.15, 0.2) is 0 Å². The van der Waals surface area contributed by atoms with Crippen molar-refractivity contribution in [1.82, 2.24) is 10.2 Å². The van der Waals surface area contributed by atoms with E-state index in [4.69, 9.17) is 5.11 Å². The lowest BCUT2D eigenvalue weighted by Crippen LogP contribution is -2.61. The molecule has 1 fully saturated rings. The highest BCUT2D eigenvalue weighted by Crippen LogP contribution is 2.20. The monoisotopic (exact) mass is 214 g/mol. The molecule has 1 aliphatic rings. The summed E-state index contributed by atoms with van der Waals surface area (Å²) in [5.41, 5.74) is -0.183. The van der Waals surface area contributed by atoms with E-state index in [9.17, 15) is 9.59 Å². The third kappa shape index (κ3) is 2.92. The zero-order valence-corrected chi connectivity index (χ0v) is 9.41. The van der Waals surface area contributed by atoms with Crippen molar-refractivity contribution in [2.75, 3.05) is 13.1 Å². The van der Waals surface area contributed by atoms with Gasteiger partial charge in [-0.15, -0.1) is 0 Å². The second-order valence-electron chi connectivity index (χ2n) is 4.77. The number of nitrogens with zero attached hydrogens (tertiary/aromatic N) is 1. The van der Waals surface area contributed by atoms with Crippen molar-refractivity contribution in [2.24, 2.45) is 0 Å². The number of aliphatic carboxylic acids is 1. The molecule has 0 aromatic heterocycles. The van der Waals surface area contributed by atoms with Gasteiger partial charge in [0, 0.05) is 18.6 Å². The number of hydrogen-bond donors (Lipinski definition) is 2. The van der Waals surface area contributed by atoms with Crippen molar-refractivity contribution >= 4 is 11.9 Å².